The molecule has 0 radical (unpaired) electrons. The monoisotopic (exact) mass is 253 g/mol. The summed E-state index contributed by atoms with van der Waals surface area (Å²) >= 11 is 0. The Labute approximate surface area is 101 Å². The molecule has 2 aromatic rings. The molecule has 2 rings (SSSR count). The lowest BCUT2D eigenvalue weighted by molar-refractivity contribution is 0.147. The van der Waals surface area contributed by atoms with Gasteiger partial charge in [0.2, 0.25) is 0 Å². The van der Waals surface area contributed by atoms with E-state index in [0.717, 1.165) is 6.20 Å². The smallest absolute Gasteiger partial charge is 0.282 e. The molecular weight excluding hydrogens is 243 g/mol. The van der Waals surface area contributed by atoms with E-state index in [-0.39, 0.29) is 17.3 Å². The summed E-state index contributed by atoms with van der Waals surface area (Å²) in [4.78, 5) is 7.57. The molecule has 0 saturated heterocycles. The number of nitrogens with two attached hydrogens (primary N) is 1. The molecule has 0 aliphatic carbocycles. The second kappa shape index (κ2) is 4.64. The first-order valence-corrected chi connectivity index (χ1v) is 5.16. The van der Waals surface area contributed by atoms with Crippen LogP contribution in [0.25, 0.3) is 11.4 Å². The Kier molecular flexibility index (Phi) is 3.18. The Morgan fingerprint density at radius 3 is 2.61 bits per heavy atom. The maximum absolute atomic E-state index is 13.1. The van der Waals surface area contributed by atoms with Gasteiger partial charge in [-0.3, -0.25) is 0 Å². The van der Waals surface area contributed by atoms with E-state index in [1.165, 1.54) is 18.2 Å². The van der Waals surface area contributed by atoms with E-state index in [1.807, 2.05) is 0 Å². The standard InChI is InChI=1S/C12H10F3N3/c1-6-4-7(2-3-8(6)13)12-17-5-9(16)10(18-12)11(14)15/h2-5,11H,16H2,1H3. The van der Waals surface area contributed by atoms with Crippen LogP contribution in [0, 0.1) is 12.7 Å². The van der Waals surface area contributed by atoms with Crippen LogP contribution in [-0.2, 0) is 0 Å². The summed E-state index contributed by atoms with van der Waals surface area (Å²) in [6, 6.07) is 4.17. The van der Waals surface area contributed by atoms with Gasteiger partial charge in [0.05, 0.1) is 11.9 Å². The van der Waals surface area contributed by atoms with Crippen molar-refractivity contribution in [2.45, 2.75) is 13.3 Å². The van der Waals surface area contributed by atoms with Crippen LogP contribution < -0.4 is 5.73 Å². The average Bonchev–Trinajstić information content (AvgIpc) is 2.33. The number of nitrogens with zero attached hydrogens (tertiary/aromatic N) is 2. The van der Waals surface area contributed by atoms with Crippen molar-refractivity contribution in [3.63, 3.8) is 0 Å². The van der Waals surface area contributed by atoms with Crippen LogP contribution >= 0.6 is 0 Å². The molecule has 3 nitrogen and oxygen atoms in total. The predicted molar refractivity (Wildman–Crippen MR) is 61.5 cm³/mol. The van der Waals surface area contributed by atoms with Crippen LogP contribution in [0.3, 0.4) is 0 Å². The van der Waals surface area contributed by atoms with Gasteiger partial charge >= 0.3 is 0 Å². The van der Waals surface area contributed by atoms with Crippen molar-refractivity contribution in [2.24, 2.45) is 0 Å². The van der Waals surface area contributed by atoms with E-state index >= 15 is 0 Å². The topological polar surface area (TPSA) is 51.8 Å². The minimum atomic E-state index is -2.77. The van der Waals surface area contributed by atoms with Crippen LogP contribution in [0.4, 0.5) is 18.9 Å². The number of halogens is 3. The van der Waals surface area contributed by atoms with E-state index in [4.69, 9.17) is 5.73 Å². The van der Waals surface area contributed by atoms with Gasteiger partial charge in [0, 0.05) is 5.56 Å². The van der Waals surface area contributed by atoms with E-state index in [9.17, 15) is 13.2 Å². The fraction of sp³-hybridized carbons (Fsp3) is 0.167. The lowest BCUT2D eigenvalue weighted by atomic mass is 10.1. The minimum Gasteiger partial charge on any atom is -0.396 e. The second-order valence-corrected chi connectivity index (χ2v) is 3.80. The molecule has 94 valence electrons. The number of hydrogen-bond donors (Lipinski definition) is 1. The Balaban J connectivity index is 2.50. The number of benzene rings is 1. The van der Waals surface area contributed by atoms with Crippen LogP contribution in [0.15, 0.2) is 24.4 Å². The highest BCUT2D eigenvalue weighted by Gasteiger charge is 2.15. The van der Waals surface area contributed by atoms with Crippen molar-refractivity contribution in [3.8, 4) is 11.4 Å². The first-order valence-electron chi connectivity index (χ1n) is 5.16. The van der Waals surface area contributed by atoms with Gasteiger partial charge in [-0.15, -0.1) is 0 Å². The zero-order valence-electron chi connectivity index (χ0n) is 9.49. The molecule has 0 amide bonds. The molecule has 0 fully saturated rings. The average molecular weight is 253 g/mol. The molecule has 0 unspecified atom stereocenters. The van der Waals surface area contributed by atoms with Crippen molar-refractivity contribution < 1.29 is 13.2 Å². The van der Waals surface area contributed by atoms with E-state index in [2.05, 4.69) is 9.97 Å². The zero-order valence-corrected chi connectivity index (χ0v) is 9.49. The SMILES string of the molecule is Cc1cc(-c2ncc(N)c(C(F)F)n2)ccc1F. The molecule has 0 saturated carbocycles. The third-order valence-corrected chi connectivity index (χ3v) is 2.47. The maximum Gasteiger partial charge on any atom is 0.282 e. The van der Waals surface area contributed by atoms with Gasteiger partial charge in [-0.1, -0.05) is 0 Å². The third-order valence-electron chi connectivity index (χ3n) is 2.47. The Morgan fingerprint density at radius 1 is 1.28 bits per heavy atom. The summed E-state index contributed by atoms with van der Waals surface area (Å²) in [5, 5.41) is 0. The Morgan fingerprint density at radius 2 is 2.00 bits per heavy atom. The molecule has 0 bridgehead atoms. The molecule has 1 aromatic heterocycles. The number of rotatable bonds is 2. The molecule has 1 heterocycles. The predicted octanol–water partition coefficient (Wildman–Crippen LogP) is 3.11. The molecule has 6 heteroatoms. The molecule has 18 heavy (non-hydrogen) atoms. The summed E-state index contributed by atoms with van der Waals surface area (Å²) in [6.07, 6.45) is -1.64. The normalized spacial score (nSPS) is 10.9. The molecule has 0 aliphatic heterocycles. The van der Waals surface area contributed by atoms with Crippen molar-refractivity contribution in [1.29, 1.82) is 0 Å². The van der Waals surface area contributed by atoms with Crippen molar-refractivity contribution in [3.05, 3.63) is 41.5 Å². The van der Waals surface area contributed by atoms with Gasteiger partial charge in [-0.05, 0) is 30.7 Å². The van der Waals surface area contributed by atoms with E-state index in [0.29, 0.717) is 11.1 Å². The van der Waals surface area contributed by atoms with E-state index in [1.54, 1.807) is 6.92 Å². The Hall–Kier alpha value is -2.11. The molecule has 0 spiro atoms. The highest BCUT2D eigenvalue weighted by molar-refractivity contribution is 5.58. The summed E-state index contributed by atoms with van der Waals surface area (Å²) < 4.78 is 38.4. The molecule has 0 aliphatic rings. The molecule has 1 aromatic carbocycles. The maximum atomic E-state index is 13.1. The summed E-state index contributed by atoms with van der Waals surface area (Å²) in [7, 11) is 0. The van der Waals surface area contributed by atoms with Gasteiger partial charge in [-0.25, -0.2) is 23.1 Å². The van der Waals surface area contributed by atoms with Gasteiger partial charge in [0.25, 0.3) is 6.43 Å². The van der Waals surface area contributed by atoms with Crippen LogP contribution in [0.1, 0.15) is 17.7 Å². The summed E-state index contributed by atoms with van der Waals surface area (Å²) in [5.74, 6) is -0.272. The van der Waals surface area contributed by atoms with E-state index < -0.39 is 12.1 Å². The number of anilines is 1. The fourth-order valence-corrected chi connectivity index (χ4v) is 1.50. The number of alkyl halides is 2. The van der Waals surface area contributed by atoms with Gasteiger partial charge in [0.15, 0.2) is 5.82 Å². The first-order chi connectivity index (χ1) is 8.49. The second-order valence-electron chi connectivity index (χ2n) is 3.80. The third kappa shape index (κ3) is 2.27. The van der Waals surface area contributed by atoms with Crippen molar-refractivity contribution in [1.82, 2.24) is 9.97 Å². The minimum absolute atomic E-state index is 0.0996. The van der Waals surface area contributed by atoms with Crippen LogP contribution in [0.5, 0.6) is 0 Å². The lowest BCUT2D eigenvalue weighted by Gasteiger charge is -2.07. The molecular formula is C12H10F3N3. The highest BCUT2D eigenvalue weighted by atomic mass is 19.3. The number of nitrogen functional groups attached to an aromatic ring is 1. The zero-order chi connectivity index (χ0) is 13.3. The highest BCUT2D eigenvalue weighted by Crippen LogP contribution is 2.25. The first kappa shape index (κ1) is 12.3. The van der Waals surface area contributed by atoms with Crippen LogP contribution in [0.2, 0.25) is 0 Å². The molecule has 0 atom stereocenters. The summed E-state index contributed by atoms with van der Waals surface area (Å²) in [5.41, 5.74) is 5.55. The van der Waals surface area contributed by atoms with Gasteiger partial charge in [0.1, 0.15) is 11.5 Å². The number of hydrogen-bond acceptors (Lipinski definition) is 3. The van der Waals surface area contributed by atoms with Gasteiger partial charge < -0.3 is 5.73 Å². The number of aromatic nitrogens is 2. The summed E-state index contributed by atoms with van der Waals surface area (Å²) in [6.45, 7) is 1.57. The number of aryl methyl sites for hydroxylation is 1. The largest absolute Gasteiger partial charge is 0.396 e. The van der Waals surface area contributed by atoms with Crippen molar-refractivity contribution in [2.75, 3.05) is 5.73 Å². The van der Waals surface area contributed by atoms with Gasteiger partial charge in [-0.2, -0.15) is 0 Å². The van der Waals surface area contributed by atoms with Crippen molar-refractivity contribution >= 4 is 5.69 Å². The Bertz CT molecular complexity index is 585. The quantitative estimate of drug-likeness (QED) is 0.894. The molecule has 2 N–H and O–H groups in total. The lowest BCUT2D eigenvalue weighted by Crippen LogP contribution is -2.02. The van der Waals surface area contributed by atoms with Crippen LogP contribution in [-0.4, -0.2) is 9.97 Å². The fourth-order valence-electron chi connectivity index (χ4n) is 1.50.